The predicted octanol–water partition coefficient (Wildman–Crippen LogP) is 5.05. The van der Waals surface area contributed by atoms with Crippen molar-refractivity contribution in [1.82, 2.24) is 0 Å². The molecule has 0 unspecified atom stereocenters. The number of hydrogen-bond donors (Lipinski definition) is 1. The van der Waals surface area contributed by atoms with Crippen LogP contribution in [0, 0.1) is 12.8 Å². The molecule has 1 N–H and O–H groups in total. The minimum atomic E-state index is -0.0511. The average molecular weight is 337 g/mol. The van der Waals surface area contributed by atoms with Gasteiger partial charge in [-0.1, -0.05) is 42.5 Å². The number of carbonyl (C=O) groups is 1. The smallest absolute Gasteiger partial charge is 0.308 e. The molecule has 0 bridgehead atoms. The van der Waals surface area contributed by atoms with E-state index in [1.807, 2.05) is 6.07 Å². The molecule has 1 saturated carbocycles. The molecule has 2 aromatic carbocycles. The molecule has 0 amide bonds. The summed E-state index contributed by atoms with van der Waals surface area (Å²) in [6, 6.07) is 17.2. The van der Waals surface area contributed by atoms with Crippen LogP contribution in [0.15, 0.2) is 48.5 Å². The minimum Gasteiger partial charge on any atom is -0.469 e. The largest absolute Gasteiger partial charge is 0.469 e. The molecule has 1 fully saturated rings. The van der Waals surface area contributed by atoms with Gasteiger partial charge in [-0.05, 0) is 61.3 Å². The third-order valence-electron chi connectivity index (χ3n) is 5.24. The quantitative estimate of drug-likeness (QED) is 0.776. The number of esters is 1. The molecule has 1 aliphatic carbocycles. The van der Waals surface area contributed by atoms with E-state index in [-0.39, 0.29) is 11.9 Å². The first-order chi connectivity index (χ1) is 12.2. The van der Waals surface area contributed by atoms with Crippen molar-refractivity contribution < 1.29 is 9.53 Å². The van der Waals surface area contributed by atoms with E-state index in [1.165, 1.54) is 29.5 Å². The van der Waals surface area contributed by atoms with Gasteiger partial charge < -0.3 is 10.1 Å². The van der Waals surface area contributed by atoms with Crippen LogP contribution < -0.4 is 5.32 Å². The first-order valence-corrected chi connectivity index (χ1v) is 9.13. The third kappa shape index (κ3) is 4.41. The maximum atomic E-state index is 11.7. The van der Waals surface area contributed by atoms with Gasteiger partial charge >= 0.3 is 5.97 Å². The molecular weight excluding hydrogens is 310 g/mol. The van der Waals surface area contributed by atoms with Gasteiger partial charge in [-0.2, -0.15) is 0 Å². The average Bonchev–Trinajstić information content (AvgIpc) is 2.67. The second kappa shape index (κ2) is 8.19. The molecule has 0 spiro atoms. The molecule has 0 aliphatic heterocycles. The summed E-state index contributed by atoms with van der Waals surface area (Å²) >= 11 is 0. The van der Waals surface area contributed by atoms with Crippen molar-refractivity contribution in [3.63, 3.8) is 0 Å². The fraction of sp³-hybridized carbons (Fsp3) is 0.409. The summed E-state index contributed by atoms with van der Waals surface area (Å²) in [7, 11) is 1.49. The highest BCUT2D eigenvalue weighted by atomic mass is 16.5. The zero-order valence-electron chi connectivity index (χ0n) is 15.1. The van der Waals surface area contributed by atoms with Gasteiger partial charge in [0.1, 0.15) is 0 Å². The fourth-order valence-corrected chi connectivity index (χ4v) is 3.78. The summed E-state index contributed by atoms with van der Waals surface area (Å²) in [6.07, 6.45) is 3.93. The van der Waals surface area contributed by atoms with Gasteiger partial charge in [0.15, 0.2) is 0 Å². The van der Waals surface area contributed by atoms with E-state index < -0.39 is 0 Å². The molecule has 0 aromatic heterocycles. The number of hydrogen-bond acceptors (Lipinski definition) is 3. The van der Waals surface area contributed by atoms with Crippen molar-refractivity contribution in [2.24, 2.45) is 5.92 Å². The Morgan fingerprint density at radius 3 is 2.48 bits per heavy atom. The first-order valence-electron chi connectivity index (χ1n) is 9.13. The molecule has 0 saturated heterocycles. The van der Waals surface area contributed by atoms with Crippen LogP contribution in [-0.2, 0) is 16.1 Å². The number of methoxy groups -OCH3 is 1. The maximum absolute atomic E-state index is 11.7. The standard InChI is InChI=1S/C22H27NO2/c1-16-8-13-20(18-9-11-19(12-10-18)22(24)25-2)21(14-16)23-15-17-6-4-3-5-7-17/h3-8,13-14,18-19,23H,9-12,15H2,1-2H3. The van der Waals surface area contributed by atoms with Crippen molar-refractivity contribution in [3.8, 4) is 0 Å². The summed E-state index contributed by atoms with van der Waals surface area (Å²) in [5, 5.41) is 3.62. The minimum absolute atomic E-state index is 0.0511. The number of nitrogens with one attached hydrogen (secondary N) is 1. The molecule has 0 radical (unpaired) electrons. The van der Waals surface area contributed by atoms with Crippen LogP contribution in [-0.4, -0.2) is 13.1 Å². The summed E-state index contributed by atoms with van der Waals surface area (Å²) in [6.45, 7) is 2.96. The lowest BCUT2D eigenvalue weighted by Gasteiger charge is -2.29. The number of anilines is 1. The Bertz CT molecular complexity index is 703. The van der Waals surface area contributed by atoms with Gasteiger partial charge in [0.2, 0.25) is 0 Å². The van der Waals surface area contributed by atoms with E-state index in [0.29, 0.717) is 5.92 Å². The highest BCUT2D eigenvalue weighted by Crippen LogP contribution is 2.39. The van der Waals surface area contributed by atoms with Gasteiger partial charge in [0, 0.05) is 12.2 Å². The zero-order chi connectivity index (χ0) is 17.6. The SMILES string of the molecule is COC(=O)C1CCC(c2ccc(C)cc2NCc2ccccc2)CC1. The lowest BCUT2D eigenvalue weighted by Crippen LogP contribution is -2.22. The molecule has 3 heteroatoms. The monoisotopic (exact) mass is 337 g/mol. The van der Waals surface area contributed by atoms with E-state index in [0.717, 1.165) is 32.2 Å². The topological polar surface area (TPSA) is 38.3 Å². The van der Waals surface area contributed by atoms with Crippen LogP contribution in [0.4, 0.5) is 5.69 Å². The number of aryl methyl sites for hydroxylation is 1. The van der Waals surface area contributed by atoms with E-state index in [4.69, 9.17) is 4.74 Å². The van der Waals surface area contributed by atoms with E-state index >= 15 is 0 Å². The fourth-order valence-electron chi connectivity index (χ4n) is 3.78. The number of benzene rings is 2. The lowest BCUT2D eigenvalue weighted by molar-refractivity contribution is -0.146. The summed E-state index contributed by atoms with van der Waals surface area (Å²) in [5.74, 6) is 0.539. The molecule has 0 heterocycles. The summed E-state index contributed by atoms with van der Waals surface area (Å²) < 4.78 is 4.91. The Labute approximate surface area is 150 Å². The van der Waals surface area contributed by atoms with Gasteiger partial charge in [-0.25, -0.2) is 0 Å². The Morgan fingerprint density at radius 1 is 1.08 bits per heavy atom. The van der Waals surface area contributed by atoms with Crippen molar-refractivity contribution in [2.75, 3.05) is 12.4 Å². The van der Waals surface area contributed by atoms with Crippen LogP contribution in [0.25, 0.3) is 0 Å². The van der Waals surface area contributed by atoms with E-state index in [1.54, 1.807) is 0 Å². The Hall–Kier alpha value is -2.29. The highest BCUT2D eigenvalue weighted by Gasteiger charge is 2.28. The Balaban J connectivity index is 1.70. The molecule has 25 heavy (non-hydrogen) atoms. The summed E-state index contributed by atoms with van der Waals surface area (Å²) in [4.78, 5) is 11.7. The molecule has 1 aliphatic rings. The number of ether oxygens (including phenoxy) is 1. The third-order valence-corrected chi connectivity index (χ3v) is 5.24. The van der Waals surface area contributed by atoms with Gasteiger partial charge in [-0.3, -0.25) is 4.79 Å². The maximum Gasteiger partial charge on any atom is 0.308 e. The molecule has 3 nitrogen and oxygen atoms in total. The molecular formula is C22H27NO2. The second-order valence-electron chi connectivity index (χ2n) is 7.00. The lowest BCUT2D eigenvalue weighted by atomic mass is 9.78. The zero-order valence-corrected chi connectivity index (χ0v) is 15.1. The van der Waals surface area contributed by atoms with Gasteiger partial charge in [0.25, 0.3) is 0 Å². The summed E-state index contributed by atoms with van der Waals surface area (Å²) in [5.41, 5.74) is 5.15. The molecule has 2 aromatic rings. The van der Waals surface area contributed by atoms with Crippen LogP contribution in [0.5, 0.6) is 0 Å². The molecule has 3 rings (SSSR count). The Morgan fingerprint density at radius 2 is 1.80 bits per heavy atom. The number of carbonyl (C=O) groups excluding carboxylic acids is 1. The molecule has 0 atom stereocenters. The van der Waals surface area contributed by atoms with Crippen molar-refractivity contribution in [1.29, 1.82) is 0 Å². The van der Waals surface area contributed by atoms with Crippen LogP contribution in [0.2, 0.25) is 0 Å². The highest BCUT2D eigenvalue weighted by molar-refractivity contribution is 5.72. The second-order valence-corrected chi connectivity index (χ2v) is 7.00. The molecule has 132 valence electrons. The Kier molecular flexibility index (Phi) is 5.75. The van der Waals surface area contributed by atoms with Crippen molar-refractivity contribution in [2.45, 2.75) is 45.1 Å². The van der Waals surface area contributed by atoms with Gasteiger partial charge in [0.05, 0.1) is 13.0 Å². The van der Waals surface area contributed by atoms with Gasteiger partial charge in [-0.15, -0.1) is 0 Å². The first kappa shape index (κ1) is 17.5. The van der Waals surface area contributed by atoms with E-state index in [2.05, 4.69) is 54.7 Å². The van der Waals surface area contributed by atoms with Crippen LogP contribution in [0.3, 0.4) is 0 Å². The van der Waals surface area contributed by atoms with Crippen LogP contribution in [0.1, 0.15) is 48.3 Å². The predicted molar refractivity (Wildman–Crippen MR) is 102 cm³/mol. The van der Waals surface area contributed by atoms with E-state index in [9.17, 15) is 4.79 Å². The normalized spacial score (nSPS) is 20.1. The van der Waals surface area contributed by atoms with Crippen molar-refractivity contribution in [3.05, 3.63) is 65.2 Å². The van der Waals surface area contributed by atoms with Crippen LogP contribution >= 0.6 is 0 Å². The van der Waals surface area contributed by atoms with Crippen molar-refractivity contribution >= 4 is 11.7 Å². The number of rotatable bonds is 5.